The van der Waals surface area contributed by atoms with E-state index in [9.17, 15) is 9.59 Å². The van der Waals surface area contributed by atoms with Gasteiger partial charge in [-0.05, 0) is 25.5 Å². The maximum Gasteiger partial charge on any atom is 0.326 e. The first-order valence-corrected chi connectivity index (χ1v) is 5.51. The number of hydrogen-bond acceptors (Lipinski definition) is 4. The van der Waals surface area contributed by atoms with E-state index in [0.717, 1.165) is 6.42 Å². The lowest BCUT2D eigenvalue weighted by molar-refractivity contribution is -0.149. The first-order valence-electron chi connectivity index (χ1n) is 5.51. The van der Waals surface area contributed by atoms with Gasteiger partial charge in [-0.1, -0.05) is 6.92 Å². The van der Waals surface area contributed by atoms with Crippen molar-refractivity contribution in [3.8, 4) is 5.75 Å². The molecule has 94 valence electrons. The van der Waals surface area contributed by atoms with Crippen molar-refractivity contribution in [3.63, 3.8) is 0 Å². The molecule has 0 N–H and O–H groups in total. The molecule has 0 aliphatic rings. The molecule has 1 aromatic rings. The monoisotopic (exact) mass is 239 g/mol. The zero-order valence-corrected chi connectivity index (χ0v) is 10.3. The number of ether oxygens (including phenoxy) is 2. The molecule has 1 aromatic heterocycles. The van der Waals surface area contributed by atoms with Crippen LogP contribution in [0.2, 0.25) is 0 Å². The van der Waals surface area contributed by atoms with Gasteiger partial charge in [-0.3, -0.25) is 9.59 Å². The fraction of sp³-hybridized carbons (Fsp3) is 0.500. The van der Waals surface area contributed by atoms with Crippen LogP contribution >= 0.6 is 0 Å². The van der Waals surface area contributed by atoms with E-state index in [1.807, 2.05) is 13.8 Å². The second-order valence-corrected chi connectivity index (χ2v) is 3.72. The predicted octanol–water partition coefficient (Wildman–Crippen LogP) is 1.20. The minimum atomic E-state index is -0.422. The summed E-state index contributed by atoms with van der Waals surface area (Å²) in [6.45, 7) is 3.64. The second-order valence-electron chi connectivity index (χ2n) is 3.72. The molecule has 0 aliphatic heterocycles. The summed E-state index contributed by atoms with van der Waals surface area (Å²) in [6.07, 6.45) is 2.14. The van der Waals surface area contributed by atoms with Crippen molar-refractivity contribution in [3.05, 3.63) is 28.7 Å². The van der Waals surface area contributed by atoms with Gasteiger partial charge in [-0.25, -0.2) is 0 Å². The second kappa shape index (κ2) is 6.08. The molecule has 0 amide bonds. The Morgan fingerprint density at radius 1 is 1.53 bits per heavy atom. The maximum absolute atomic E-state index is 11.7. The van der Waals surface area contributed by atoms with Crippen LogP contribution in [0.3, 0.4) is 0 Å². The van der Waals surface area contributed by atoms with Crippen LogP contribution < -0.4 is 10.3 Å². The summed E-state index contributed by atoms with van der Waals surface area (Å²) in [6, 6.07) is 3.20. The standard InChI is InChI=1S/C12H17NO4/c1-4-9(2)17-11(14)8-13-7-5-6-10(16-3)12(13)15/h5-7,9H,4,8H2,1-3H3. The number of nitrogens with zero attached hydrogens (tertiary/aromatic N) is 1. The molecule has 5 nitrogen and oxygen atoms in total. The fourth-order valence-electron chi connectivity index (χ4n) is 1.28. The van der Waals surface area contributed by atoms with Crippen LogP contribution in [0.25, 0.3) is 0 Å². The van der Waals surface area contributed by atoms with Crippen molar-refractivity contribution in [2.45, 2.75) is 32.9 Å². The summed E-state index contributed by atoms with van der Waals surface area (Å²) in [7, 11) is 1.42. The smallest absolute Gasteiger partial charge is 0.326 e. The third-order valence-electron chi connectivity index (χ3n) is 2.41. The van der Waals surface area contributed by atoms with Crippen molar-refractivity contribution in [1.29, 1.82) is 0 Å². The van der Waals surface area contributed by atoms with E-state index in [2.05, 4.69) is 0 Å². The quantitative estimate of drug-likeness (QED) is 0.724. The number of rotatable bonds is 5. The van der Waals surface area contributed by atoms with Gasteiger partial charge in [0.1, 0.15) is 6.54 Å². The number of hydrogen-bond donors (Lipinski definition) is 0. The molecule has 0 fully saturated rings. The van der Waals surface area contributed by atoms with E-state index in [4.69, 9.17) is 9.47 Å². The van der Waals surface area contributed by atoms with E-state index in [-0.39, 0.29) is 24.0 Å². The Morgan fingerprint density at radius 3 is 2.82 bits per heavy atom. The number of esters is 1. The Labute approximate surface area is 100.0 Å². The summed E-state index contributed by atoms with van der Waals surface area (Å²) in [5.41, 5.74) is -0.337. The molecule has 1 atom stereocenters. The molecule has 0 spiro atoms. The molecule has 1 unspecified atom stereocenters. The van der Waals surface area contributed by atoms with E-state index in [1.165, 1.54) is 17.9 Å². The van der Waals surface area contributed by atoms with Crippen molar-refractivity contribution < 1.29 is 14.3 Å². The third-order valence-corrected chi connectivity index (χ3v) is 2.41. The Balaban J connectivity index is 2.75. The maximum atomic E-state index is 11.7. The molecule has 5 heteroatoms. The number of aromatic nitrogens is 1. The SMILES string of the molecule is CCC(C)OC(=O)Cn1cccc(OC)c1=O. The van der Waals surface area contributed by atoms with Gasteiger partial charge in [-0.2, -0.15) is 0 Å². The topological polar surface area (TPSA) is 57.5 Å². The lowest BCUT2D eigenvalue weighted by atomic mass is 10.3. The molecule has 0 saturated carbocycles. The van der Waals surface area contributed by atoms with Crippen LogP contribution in [-0.4, -0.2) is 23.8 Å². The first kappa shape index (κ1) is 13.3. The normalized spacial score (nSPS) is 11.9. The van der Waals surface area contributed by atoms with Gasteiger partial charge in [0.15, 0.2) is 5.75 Å². The zero-order valence-electron chi connectivity index (χ0n) is 10.3. The number of methoxy groups -OCH3 is 1. The minimum Gasteiger partial charge on any atom is -0.491 e. The van der Waals surface area contributed by atoms with Gasteiger partial charge in [0, 0.05) is 6.20 Å². The molecule has 0 saturated heterocycles. The molecular formula is C12H17NO4. The summed E-state index contributed by atoms with van der Waals surface area (Å²) >= 11 is 0. The highest BCUT2D eigenvalue weighted by molar-refractivity contribution is 5.69. The van der Waals surface area contributed by atoms with Crippen LogP contribution in [0.15, 0.2) is 23.1 Å². The van der Waals surface area contributed by atoms with Gasteiger partial charge < -0.3 is 14.0 Å². The van der Waals surface area contributed by atoms with Gasteiger partial charge in [0.25, 0.3) is 5.56 Å². The highest BCUT2D eigenvalue weighted by Crippen LogP contribution is 2.02. The van der Waals surface area contributed by atoms with Gasteiger partial charge in [0.2, 0.25) is 0 Å². The summed E-state index contributed by atoms with van der Waals surface area (Å²) in [5, 5.41) is 0. The molecule has 1 heterocycles. The van der Waals surface area contributed by atoms with E-state index in [0.29, 0.717) is 0 Å². The Morgan fingerprint density at radius 2 is 2.24 bits per heavy atom. The van der Waals surface area contributed by atoms with Crippen molar-refractivity contribution in [1.82, 2.24) is 4.57 Å². The first-order chi connectivity index (χ1) is 8.08. The molecular weight excluding hydrogens is 222 g/mol. The lowest BCUT2D eigenvalue weighted by Gasteiger charge is -2.12. The Hall–Kier alpha value is -1.78. The van der Waals surface area contributed by atoms with E-state index in [1.54, 1.807) is 12.1 Å². The fourth-order valence-corrected chi connectivity index (χ4v) is 1.28. The minimum absolute atomic E-state index is 0.0969. The van der Waals surface area contributed by atoms with Crippen molar-refractivity contribution >= 4 is 5.97 Å². The molecule has 17 heavy (non-hydrogen) atoms. The molecule has 0 bridgehead atoms. The van der Waals surface area contributed by atoms with Gasteiger partial charge in [-0.15, -0.1) is 0 Å². The van der Waals surface area contributed by atoms with E-state index < -0.39 is 5.97 Å². The summed E-state index contributed by atoms with van der Waals surface area (Å²) in [4.78, 5) is 23.2. The predicted molar refractivity (Wildman–Crippen MR) is 63.1 cm³/mol. The molecule has 1 rings (SSSR count). The average molecular weight is 239 g/mol. The zero-order chi connectivity index (χ0) is 12.8. The Bertz CT molecular complexity index is 438. The van der Waals surface area contributed by atoms with Gasteiger partial charge >= 0.3 is 5.97 Å². The van der Waals surface area contributed by atoms with Crippen LogP contribution in [0.1, 0.15) is 20.3 Å². The van der Waals surface area contributed by atoms with Crippen molar-refractivity contribution in [2.75, 3.05) is 7.11 Å². The van der Waals surface area contributed by atoms with Crippen molar-refractivity contribution in [2.24, 2.45) is 0 Å². The third kappa shape index (κ3) is 3.62. The van der Waals surface area contributed by atoms with Gasteiger partial charge in [0.05, 0.1) is 13.2 Å². The average Bonchev–Trinajstić information content (AvgIpc) is 2.31. The van der Waals surface area contributed by atoms with Crippen LogP contribution in [-0.2, 0) is 16.1 Å². The molecule has 0 aliphatic carbocycles. The Kier molecular flexibility index (Phi) is 4.75. The number of pyridine rings is 1. The molecule has 0 aromatic carbocycles. The lowest BCUT2D eigenvalue weighted by Crippen LogP contribution is -2.27. The number of carbonyl (C=O) groups is 1. The van der Waals surface area contributed by atoms with E-state index >= 15 is 0 Å². The van der Waals surface area contributed by atoms with Crippen LogP contribution in [0.5, 0.6) is 5.75 Å². The summed E-state index contributed by atoms with van der Waals surface area (Å²) < 4.78 is 11.2. The highest BCUT2D eigenvalue weighted by atomic mass is 16.5. The van der Waals surface area contributed by atoms with Crippen LogP contribution in [0.4, 0.5) is 0 Å². The van der Waals surface area contributed by atoms with Crippen LogP contribution in [0, 0.1) is 0 Å². The summed E-state index contributed by atoms with van der Waals surface area (Å²) in [5.74, 6) is -0.210. The highest BCUT2D eigenvalue weighted by Gasteiger charge is 2.10. The molecule has 0 radical (unpaired) electrons. The number of carbonyl (C=O) groups excluding carboxylic acids is 1. The largest absolute Gasteiger partial charge is 0.491 e.